The minimum absolute atomic E-state index is 0.0674. The van der Waals surface area contributed by atoms with Gasteiger partial charge in [-0.25, -0.2) is 4.98 Å². The van der Waals surface area contributed by atoms with Gasteiger partial charge in [-0.3, -0.25) is 19.8 Å². The van der Waals surface area contributed by atoms with E-state index < -0.39 is 4.92 Å². The van der Waals surface area contributed by atoms with Crippen LogP contribution in [0.4, 0.5) is 16.5 Å². The van der Waals surface area contributed by atoms with E-state index in [4.69, 9.17) is 9.72 Å². The second-order valence-electron chi connectivity index (χ2n) is 8.89. The number of likely N-dealkylation sites (N-methyl/N-ethyl adjacent to an activating group) is 1. The van der Waals surface area contributed by atoms with Gasteiger partial charge in [-0.1, -0.05) is 31.3 Å². The van der Waals surface area contributed by atoms with Crippen LogP contribution in [0.15, 0.2) is 30.3 Å². The molecule has 3 aromatic rings. The van der Waals surface area contributed by atoms with Crippen molar-refractivity contribution in [3.63, 3.8) is 0 Å². The number of carbonyl (C=O) groups excluding carboxylic acids is 1. The number of rotatable bonds is 9. The molecule has 0 atom stereocenters. The summed E-state index contributed by atoms with van der Waals surface area (Å²) >= 11 is 1.47. The number of morpholine rings is 1. The fourth-order valence-electron chi connectivity index (χ4n) is 4.43. The van der Waals surface area contributed by atoms with Crippen LogP contribution in [0.1, 0.15) is 35.3 Å². The third-order valence-corrected chi connectivity index (χ3v) is 7.90. The van der Waals surface area contributed by atoms with Crippen LogP contribution < -0.4 is 9.80 Å². The summed E-state index contributed by atoms with van der Waals surface area (Å²) in [7, 11) is 0. The van der Waals surface area contributed by atoms with Crippen molar-refractivity contribution in [1.29, 1.82) is 0 Å². The first-order valence-electron chi connectivity index (χ1n) is 12.4. The lowest BCUT2D eigenvalue weighted by molar-refractivity contribution is -0.384. The van der Waals surface area contributed by atoms with Gasteiger partial charge in [0.2, 0.25) is 0 Å². The monoisotopic (exact) mass is 511 g/mol. The summed E-state index contributed by atoms with van der Waals surface area (Å²) in [6.45, 7) is 13.3. The zero-order chi connectivity index (χ0) is 25.8. The number of carbonyl (C=O) groups is 1. The number of aromatic nitrogens is 1. The number of benzene rings is 2. The third-order valence-electron chi connectivity index (χ3n) is 6.85. The van der Waals surface area contributed by atoms with E-state index in [2.05, 4.69) is 24.8 Å². The van der Waals surface area contributed by atoms with Gasteiger partial charge in [-0.15, -0.1) is 0 Å². The number of nitro benzene ring substituents is 1. The average Bonchev–Trinajstić information content (AvgIpc) is 3.33. The summed E-state index contributed by atoms with van der Waals surface area (Å²) in [6, 6.07) is 8.88. The second-order valence-corrected chi connectivity index (χ2v) is 9.90. The first-order valence-corrected chi connectivity index (χ1v) is 13.2. The number of nitro groups is 1. The maximum atomic E-state index is 13.8. The number of thiazole rings is 1. The highest BCUT2D eigenvalue weighted by Gasteiger charge is 2.27. The number of amides is 1. The normalized spacial score (nSPS) is 14.0. The third kappa shape index (κ3) is 5.35. The zero-order valence-electron chi connectivity index (χ0n) is 21.3. The highest BCUT2D eigenvalue weighted by molar-refractivity contribution is 7.22. The molecule has 2 heterocycles. The highest BCUT2D eigenvalue weighted by atomic mass is 32.1. The van der Waals surface area contributed by atoms with E-state index >= 15 is 0 Å². The standard InChI is InChI=1S/C26H33N5O4S/c1-5-28(6-2)11-12-30(26-27-24-19(4)18(3)7-10-23(24)36-26)25(32)20-8-9-21(22(17-20)31(33)34)29-13-15-35-16-14-29/h7-10,17H,5-6,11-16H2,1-4H3. The fourth-order valence-corrected chi connectivity index (χ4v) is 5.47. The number of aryl methyl sites for hydroxylation is 2. The molecule has 36 heavy (non-hydrogen) atoms. The molecule has 1 fully saturated rings. The Bertz CT molecular complexity index is 1250. The van der Waals surface area contributed by atoms with Gasteiger partial charge in [0.15, 0.2) is 5.13 Å². The van der Waals surface area contributed by atoms with E-state index in [9.17, 15) is 14.9 Å². The molecule has 1 aliphatic heterocycles. The Morgan fingerprint density at radius 2 is 1.86 bits per heavy atom. The molecule has 10 heteroatoms. The van der Waals surface area contributed by atoms with Crippen LogP contribution in [0.25, 0.3) is 10.2 Å². The van der Waals surface area contributed by atoms with Crippen molar-refractivity contribution < 1.29 is 14.5 Å². The molecule has 0 N–H and O–H groups in total. The number of ether oxygens (including phenoxy) is 1. The van der Waals surface area contributed by atoms with E-state index in [1.807, 2.05) is 24.8 Å². The number of nitrogens with zero attached hydrogens (tertiary/aromatic N) is 5. The van der Waals surface area contributed by atoms with Crippen molar-refractivity contribution in [2.45, 2.75) is 27.7 Å². The zero-order valence-corrected chi connectivity index (χ0v) is 22.1. The Labute approximate surface area is 215 Å². The Hall–Kier alpha value is -3.08. The van der Waals surface area contributed by atoms with Crippen LogP contribution in [-0.2, 0) is 4.74 Å². The molecule has 0 saturated carbocycles. The molecule has 0 spiro atoms. The second kappa shape index (κ2) is 11.3. The highest BCUT2D eigenvalue weighted by Crippen LogP contribution is 2.34. The maximum absolute atomic E-state index is 13.8. The molecule has 192 valence electrons. The smallest absolute Gasteiger partial charge is 0.293 e. The molecule has 1 aliphatic rings. The number of hydrogen-bond donors (Lipinski definition) is 0. The predicted molar refractivity (Wildman–Crippen MR) is 145 cm³/mol. The van der Waals surface area contributed by atoms with E-state index in [0.717, 1.165) is 34.4 Å². The number of anilines is 2. The van der Waals surface area contributed by atoms with Crippen molar-refractivity contribution in [3.8, 4) is 0 Å². The van der Waals surface area contributed by atoms with Gasteiger partial charge in [-0.2, -0.15) is 0 Å². The maximum Gasteiger partial charge on any atom is 0.293 e. The lowest BCUT2D eigenvalue weighted by Crippen LogP contribution is -2.39. The minimum Gasteiger partial charge on any atom is -0.378 e. The van der Waals surface area contributed by atoms with Gasteiger partial charge in [0, 0.05) is 37.8 Å². The van der Waals surface area contributed by atoms with Crippen LogP contribution in [-0.4, -0.2) is 73.2 Å². The quantitative estimate of drug-likeness (QED) is 0.305. The van der Waals surface area contributed by atoms with E-state index in [-0.39, 0.29) is 17.2 Å². The molecule has 1 amide bonds. The van der Waals surface area contributed by atoms with Crippen molar-refractivity contribution in [2.24, 2.45) is 0 Å². The van der Waals surface area contributed by atoms with Gasteiger partial charge in [0.25, 0.3) is 11.6 Å². The Morgan fingerprint density at radius 3 is 2.53 bits per heavy atom. The van der Waals surface area contributed by atoms with Crippen molar-refractivity contribution in [1.82, 2.24) is 9.88 Å². The Morgan fingerprint density at radius 1 is 1.14 bits per heavy atom. The first kappa shape index (κ1) is 26.0. The van der Waals surface area contributed by atoms with Gasteiger partial charge in [-0.05, 0) is 56.3 Å². The van der Waals surface area contributed by atoms with Crippen molar-refractivity contribution in [3.05, 3.63) is 57.1 Å². The van der Waals surface area contributed by atoms with Crippen LogP contribution in [0, 0.1) is 24.0 Å². The summed E-state index contributed by atoms with van der Waals surface area (Å²) in [5.74, 6) is -0.285. The Kier molecular flexibility index (Phi) is 8.17. The molecule has 0 radical (unpaired) electrons. The summed E-state index contributed by atoms with van der Waals surface area (Å²) in [5.41, 5.74) is 3.86. The molecule has 0 unspecified atom stereocenters. The lowest BCUT2D eigenvalue weighted by atomic mass is 10.1. The van der Waals surface area contributed by atoms with Crippen LogP contribution >= 0.6 is 11.3 Å². The molecule has 2 aromatic carbocycles. The summed E-state index contributed by atoms with van der Waals surface area (Å²) in [6.07, 6.45) is 0. The minimum atomic E-state index is -0.411. The largest absolute Gasteiger partial charge is 0.378 e. The Balaban J connectivity index is 1.72. The molecule has 4 rings (SSSR count). The topological polar surface area (TPSA) is 92.0 Å². The average molecular weight is 512 g/mol. The molecular weight excluding hydrogens is 478 g/mol. The SMILES string of the molecule is CCN(CC)CCN(C(=O)c1ccc(N2CCOCC2)c([N+](=O)[O-])c1)c1nc2c(C)c(C)ccc2s1. The molecule has 1 aromatic heterocycles. The number of hydrogen-bond acceptors (Lipinski definition) is 8. The molecule has 0 bridgehead atoms. The van der Waals surface area contributed by atoms with Gasteiger partial charge < -0.3 is 14.5 Å². The first-order chi connectivity index (χ1) is 17.3. The van der Waals surface area contributed by atoms with Crippen molar-refractivity contribution in [2.75, 3.05) is 62.3 Å². The molecular formula is C26H33N5O4S. The summed E-state index contributed by atoms with van der Waals surface area (Å²) in [5, 5.41) is 12.6. The fraction of sp³-hybridized carbons (Fsp3) is 0.462. The van der Waals surface area contributed by atoms with E-state index in [1.165, 1.54) is 17.4 Å². The number of fused-ring (bicyclic) bond motifs is 1. The molecule has 1 saturated heterocycles. The molecule has 0 aliphatic carbocycles. The van der Waals surface area contributed by atoms with Gasteiger partial charge in [0.1, 0.15) is 5.69 Å². The predicted octanol–water partition coefficient (Wildman–Crippen LogP) is 4.65. The van der Waals surface area contributed by atoms with Crippen LogP contribution in [0.3, 0.4) is 0 Å². The van der Waals surface area contributed by atoms with Crippen molar-refractivity contribution >= 4 is 44.0 Å². The summed E-state index contributed by atoms with van der Waals surface area (Å²) in [4.78, 5) is 36.1. The van der Waals surface area contributed by atoms with Gasteiger partial charge >= 0.3 is 0 Å². The summed E-state index contributed by atoms with van der Waals surface area (Å²) < 4.78 is 6.40. The molecule has 9 nitrogen and oxygen atoms in total. The van der Waals surface area contributed by atoms with Crippen LogP contribution in [0.5, 0.6) is 0 Å². The lowest BCUT2D eigenvalue weighted by Gasteiger charge is -2.29. The van der Waals surface area contributed by atoms with Crippen LogP contribution in [0.2, 0.25) is 0 Å². The van der Waals surface area contributed by atoms with E-state index in [0.29, 0.717) is 50.2 Å². The van der Waals surface area contributed by atoms with Gasteiger partial charge in [0.05, 0.1) is 28.4 Å². The van der Waals surface area contributed by atoms with E-state index in [1.54, 1.807) is 17.0 Å².